The van der Waals surface area contributed by atoms with Crippen LogP contribution in [0.2, 0.25) is 0 Å². The highest BCUT2D eigenvalue weighted by molar-refractivity contribution is 5.35. The number of benzene rings is 1. The van der Waals surface area contributed by atoms with Gasteiger partial charge < -0.3 is 14.8 Å². The van der Waals surface area contributed by atoms with E-state index in [1.54, 1.807) is 0 Å². The molecule has 94 valence electrons. The Kier molecular flexibility index (Phi) is 4.40. The zero-order valence-electron chi connectivity index (χ0n) is 10.6. The summed E-state index contributed by atoms with van der Waals surface area (Å²) in [6, 6.07) is 8.23. The lowest BCUT2D eigenvalue weighted by atomic mass is 10.0. The fourth-order valence-electron chi connectivity index (χ4n) is 2.00. The maximum atomic E-state index is 5.87. The lowest BCUT2D eigenvalue weighted by Crippen LogP contribution is -2.41. The predicted molar refractivity (Wildman–Crippen MR) is 68.6 cm³/mol. The van der Waals surface area contributed by atoms with Crippen molar-refractivity contribution >= 4 is 0 Å². The van der Waals surface area contributed by atoms with E-state index in [9.17, 15) is 0 Å². The van der Waals surface area contributed by atoms with Crippen molar-refractivity contribution in [1.82, 2.24) is 5.32 Å². The number of para-hydroxylation sites is 1. The standard InChI is InChI=1S/C14H21NO2/c1-11(2)13-5-3-4-6-14(13)17-10-12-9-15-7-8-16-12/h3-6,11-12,15H,7-10H2,1-2H3. The van der Waals surface area contributed by atoms with Gasteiger partial charge in [-0.05, 0) is 17.5 Å². The fraction of sp³-hybridized carbons (Fsp3) is 0.571. The molecule has 1 atom stereocenters. The number of hydrogen-bond acceptors (Lipinski definition) is 3. The third-order valence-electron chi connectivity index (χ3n) is 2.97. The quantitative estimate of drug-likeness (QED) is 0.867. The Labute approximate surface area is 103 Å². The van der Waals surface area contributed by atoms with Crippen LogP contribution in [0.4, 0.5) is 0 Å². The molecule has 1 saturated heterocycles. The van der Waals surface area contributed by atoms with Crippen LogP contribution in [0.25, 0.3) is 0 Å². The molecule has 17 heavy (non-hydrogen) atoms. The molecule has 1 aliphatic rings. The highest BCUT2D eigenvalue weighted by Gasteiger charge is 2.15. The Morgan fingerprint density at radius 2 is 2.24 bits per heavy atom. The van der Waals surface area contributed by atoms with Crippen LogP contribution in [0.3, 0.4) is 0 Å². The van der Waals surface area contributed by atoms with Crippen LogP contribution in [0.15, 0.2) is 24.3 Å². The van der Waals surface area contributed by atoms with Gasteiger partial charge in [-0.15, -0.1) is 0 Å². The van der Waals surface area contributed by atoms with Gasteiger partial charge in [0, 0.05) is 13.1 Å². The first kappa shape index (κ1) is 12.4. The van der Waals surface area contributed by atoms with Crippen LogP contribution >= 0.6 is 0 Å². The lowest BCUT2D eigenvalue weighted by Gasteiger charge is -2.24. The molecule has 1 unspecified atom stereocenters. The van der Waals surface area contributed by atoms with Crippen molar-refractivity contribution < 1.29 is 9.47 Å². The van der Waals surface area contributed by atoms with Gasteiger partial charge in [0.25, 0.3) is 0 Å². The van der Waals surface area contributed by atoms with Gasteiger partial charge in [-0.3, -0.25) is 0 Å². The van der Waals surface area contributed by atoms with Crippen LogP contribution in [-0.4, -0.2) is 32.4 Å². The van der Waals surface area contributed by atoms with Crippen molar-refractivity contribution in [3.8, 4) is 5.75 Å². The van der Waals surface area contributed by atoms with Crippen molar-refractivity contribution in [2.45, 2.75) is 25.9 Å². The van der Waals surface area contributed by atoms with Gasteiger partial charge in [0.2, 0.25) is 0 Å². The monoisotopic (exact) mass is 235 g/mol. The number of ether oxygens (including phenoxy) is 2. The Morgan fingerprint density at radius 3 is 2.94 bits per heavy atom. The van der Waals surface area contributed by atoms with Crippen LogP contribution in [-0.2, 0) is 4.74 Å². The van der Waals surface area contributed by atoms with Gasteiger partial charge >= 0.3 is 0 Å². The van der Waals surface area contributed by atoms with Crippen LogP contribution in [0, 0.1) is 0 Å². The molecule has 2 rings (SSSR count). The summed E-state index contributed by atoms with van der Waals surface area (Å²) >= 11 is 0. The summed E-state index contributed by atoms with van der Waals surface area (Å²) < 4.78 is 11.5. The minimum Gasteiger partial charge on any atom is -0.491 e. The Hall–Kier alpha value is -1.06. The molecule has 0 radical (unpaired) electrons. The second-order valence-corrected chi connectivity index (χ2v) is 4.70. The van der Waals surface area contributed by atoms with Crippen molar-refractivity contribution in [2.24, 2.45) is 0 Å². The van der Waals surface area contributed by atoms with Crippen molar-refractivity contribution in [1.29, 1.82) is 0 Å². The zero-order valence-corrected chi connectivity index (χ0v) is 10.6. The van der Waals surface area contributed by atoms with Crippen LogP contribution in [0.1, 0.15) is 25.3 Å². The summed E-state index contributed by atoms with van der Waals surface area (Å²) in [6.07, 6.45) is 0.170. The molecule has 1 aliphatic heterocycles. The van der Waals surface area contributed by atoms with Crippen LogP contribution in [0.5, 0.6) is 5.75 Å². The maximum Gasteiger partial charge on any atom is 0.122 e. The number of hydrogen-bond donors (Lipinski definition) is 1. The largest absolute Gasteiger partial charge is 0.491 e. The van der Waals surface area contributed by atoms with Crippen LogP contribution < -0.4 is 10.1 Å². The minimum absolute atomic E-state index is 0.170. The first-order valence-electron chi connectivity index (χ1n) is 6.31. The first-order valence-corrected chi connectivity index (χ1v) is 6.31. The molecule has 1 aromatic carbocycles. The summed E-state index contributed by atoms with van der Waals surface area (Å²) in [5.74, 6) is 1.47. The molecular weight excluding hydrogens is 214 g/mol. The highest BCUT2D eigenvalue weighted by Crippen LogP contribution is 2.25. The summed E-state index contributed by atoms with van der Waals surface area (Å²) in [5, 5.41) is 3.30. The third-order valence-corrected chi connectivity index (χ3v) is 2.97. The molecule has 1 aromatic rings. The van der Waals surface area contributed by atoms with E-state index < -0.39 is 0 Å². The lowest BCUT2D eigenvalue weighted by molar-refractivity contribution is -0.0000310. The summed E-state index contributed by atoms with van der Waals surface area (Å²) in [6.45, 7) is 7.58. The Morgan fingerprint density at radius 1 is 1.41 bits per heavy atom. The summed E-state index contributed by atoms with van der Waals surface area (Å²) in [4.78, 5) is 0. The van der Waals surface area contributed by atoms with Gasteiger partial charge in [-0.25, -0.2) is 0 Å². The average molecular weight is 235 g/mol. The highest BCUT2D eigenvalue weighted by atomic mass is 16.5. The molecule has 0 aromatic heterocycles. The third kappa shape index (κ3) is 3.45. The molecule has 3 heteroatoms. The van der Waals surface area contributed by atoms with E-state index in [1.165, 1.54) is 5.56 Å². The molecule has 3 nitrogen and oxygen atoms in total. The maximum absolute atomic E-state index is 5.87. The number of nitrogens with one attached hydrogen (secondary N) is 1. The van der Waals surface area contributed by atoms with E-state index in [2.05, 4.69) is 31.3 Å². The second-order valence-electron chi connectivity index (χ2n) is 4.70. The van der Waals surface area contributed by atoms with E-state index in [1.807, 2.05) is 12.1 Å². The van der Waals surface area contributed by atoms with Gasteiger partial charge in [0.05, 0.1) is 6.61 Å². The molecule has 0 amide bonds. The summed E-state index contributed by atoms with van der Waals surface area (Å²) in [7, 11) is 0. The summed E-state index contributed by atoms with van der Waals surface area (Å²) in [5.41, 5.74) is 1.26. The first-order chi connectivity index (χ1) is 8.27. The molecule has 0 spiro atoms. The van der Waals surface area contributed by atoms with Crippen molar-refractivity contribution in [3.05, 3.63) is 29.8 Å². The smallest absolute Gasteiger partial charge is 0.122 e. The van der Waals surface area contributed by atoms with E-state index in [0.717, 1.165) is 25.4 Å². The van der Waals surface area contributed by atoms with E-state index in [-0.39, 0.29) is 6.10 Å². The SMILES string of the molecule is CC(C)c1ccccc1OCC1CNCCO1. The van der Waals surface area contributed by atoms with E-state index >= 15 is 0 Å². The fourth-order valence-corrected chi connectivity index (χ4v) is 2.00. The minimum atomic E-state index is 0.170. The second kappa shape index (κ2) is 6.03. The zero-order chi connectivity index (χ0) is 12.1. The topological polar surface area (TPSA) is 30.5 Å². The predicted octanol–water partition coefficient (Wildman–Crippen LogP) is 2.18. The van der Waals surface area contributed by atoms with E-state index in [4.69, 9.17) is 9.47 Å². The molecular formula is C14H21NO2. The number of morpholine rings is 1. The normalized spacial score (nSPS) is 20.5. The molecule has 0 saturated carbocycles. The Bertz CT molecular complexity index is 346. The van der Waals surface area contributed by atoms with Crippen molar-refractivity contribution in [2.75, 3.05) is 26.3 Å². The van der Waals surface area contributed by atoms with Gasteiger partial charge in [-0.2, -0.15) is 0 Å². The molecule has 1 N–H and O–H groups in total. The van der Waals surface area contributed by atoms with Gasteiger partial charge in [-0.1, -0.05) is 32.0 Å². The Balaban J connectivity index is 1.93. The number of rotatable bonds is 4. The molecule has 0 bridgehead atoms. The van der Waals surface area contributed by atoms with Gasteiger partial charge in [0.1, 0.15) is 18.5 Å². The molecule has 0 aliphatic carbocycles. The molecule has 1 fully saturated rings. The van der Waals surface area contributed by atoms with E-state index in [0.29, 0.717) is 12.5 Å². The average Bonchev–Trinajstić information content (AvgIpc) is 2.38. The van der Waals surface area contributed by atoms with Gasteiger partial charge in [0.15, 0.2) is 0 Å². The molecule has 1 heterocycles. The van der Waals surface area contributed by atoms with Crippen molar-refractivity contribution in [3.63, 3.8) is 0 Å².